The lowest BCUT2D eigenvalue weighted by Gasteiger charge is -2.41. The van der Waals surface area contributed by atoms with Gasteiger partial charge in [0, 0.05) is 35.2 Å². The van der Waals surface area contributed by atoms with E-state index in [2.05, 4.69) is 37.9 Å². The predicted octanol–water partition coefficient (Wildman–Crippen LogP) is 4.69. The number of hydrogen-bond acceptors (Lipinski definition) is 2. The number of nitrogens with zero attached hydrogens (tertiary/aromatic N) is 2. The fraction of sp³-hybridized carbons (Fsp3) is 0.647. The summed E-state index contributed by atoms with van der Waals surface area (Å²) in [5.74, 6) is 0. The maximum Gasteiger partial charge on any atom is 0.0410 e. The van der Waals surface area contributed by atoms with Crippen LogP contribution in [0.15, 0.2) is 18.2 Å². The molecule has 1 aromatic rings. The molecular weight excluding hydrogens is 348 g/mol. The van der Waals surface area contributed by atoms with Crippen LogP contribution in [0.25, 0.3) is 0 Å². The molecule has 2 heterocycles. The van der Waals surface area contributed by atoms with E-state index < -0.39 is 0 Å². The third-order valence-corrected chi connectivity index (χ3v) is 5.74. The molecule has 0 atom stereocenters. The molecule has 0 bridgehead atoms. The van der Waals surface area contributed by atoms with Gasteiger partial charge in [0.1, 0.15) is 0 Å². The van der Waals surface area contributed by atoms with Gasteiger partial charge in [0.15, 0.2) is 0 Å². The average Bonchev–Trinajstić information content (AvgIpc) is 2.56. The monoisotopic (exact) mass is 370 g/mol. The van der Waals surface area contributed by atoms with Crippen molar-refractivity contribution >= 4 is 33.2 Å². The highest BCUT2D eigenvalue weighted by atomic mass is 79.9. The normalized spacial score (nSPS) is 21.7. The molecule has 116 valence electrons. The van der Waals surface area contributed by atoms with Gasteiger partial charge in [-0.05, 0) is 62.5 Å². The summed E-state index contributed by atoms with van der Waals surface area (Å²) in [5, 5.41) is 1.70. The lowest BCUT2D eigenvalue weighted by Crippen LogP contribution is -2.46. The van der Waals surface area contributed by atoms with E-state index in [4.69, 9.17) is 11.6 Å². The highest BCUT2D eigenvalue weighted by Crippen LogP contribution is 2.30. The van der Waals surface area contributed by atoms with Crippen LogP contribution in [0.5, 0.6) is 0 Å². The van der Waals surface area contributed by atoms with Crippen LogP contribution in [-0.2, 0) is 5.33 Å². The van der Waals surface area contributed by atoms with Crippen LogP contribution in [0.4, 0.5) is 5.69 Å². The zero-order chi connectivity index (χ0) is 14.7. The SMILES string of the molecule is Clc1ccc(N2CCC(N3CCCCC3)CC2)c(CBr)c1. The Hall–Kier alpha value is -0.250. The smallest absolute Gasteiger partial charge is 0.0410 e. The van der Waals surface area contributed by atoms with Crippen molar-refractivity contribution < 1.29 is 0 Å². The van der Waals surface area contributed by atoms with Crippen molar-refractivity contribution in [1.29, 1.82) is 0 Å². The fourth-order valence-corrected chi connectivity index (χ4v) is 4.37. The second-order valence-corrected chi connectivity index (χ2v) is 7.22. The Kier molecular flexibility index (Phi) is 5.47. The molecule has 4 heteroatoms. The van der Waals surface area contributed by atoms with E-state index in [-0.39, 0.29) is 0 Å². The number of hydrogen-bond donors (Lipinski definition) is 0. The van der Waals surface area contributed by atoms with Gasteiger partial charge in [0.2, 0.25) is 0 Å². The lowest BCUT2D eigenvalue weighted by atomic mass is 9.99. The van der Waals surface area contributed by atoms with Crippen molar-refractivity contribution in [1.82, 2.24) is 4.90 Å². The Morgan fingerprint density at radius 2 is 1.76 bits per heavy atom. The first-order valence-corrected chi connectivity index (χ1v) is 9.61. The van der Waals surface area contributed by atoms with Crippen molar-refractivity contribution in [3.63, 3.8) is 0 Å². The van der Waals surface area contributed by atoms with E-state index >= 15 is 0 Å². The molecule has 2 nitrogen and oxygen atoms in total. The highest BCUT2D eigenvalue weighted by molar-refractivity contribution is 9.08. The van der Waals surface area contributed by atoms with Gasteiger partial charge in [-0.15, -0.1) is 0 Å². The van der Waals surface area contributed by atoms with Gasteiger partial charge >= 0.3 is 0 Å². The molecule has 0 amide bonds. The fourth-order valence-electron chi connectivity index (χ4n) is 3.73. The van der Waals surface area contributed by atoms with Crippen molar-refractivity contribution in [3.8, 4) is 0 Å². The first kappa shape index (κ1) is 15.6. The molecule has 0 aromatic heterocycles. The number of rotatable bonds is 3. The van der Waals surface area contributed by atoms with Crippen molar-refractivity contribution in [3.05, 3.63) is 28.8 Å². The maximum atomic E-state index is 6.11. The lowest BCUT2D eigenvalue weighted by molar-refractivity contribution is 0.141. The van der Waals surface area contributed by atoms with E-state index in [9.17, 15) is 0 Å². The minimum Gasteiger partial charge on any atom is -0.371 e. The van der Waals surface area contributed by atoms with Crippen molar-refractivity contribution in [2.75, 3.05) is 31.1 Å². The second-order valence-electron chi connectivity index (χ2n) is 6.22. The molecule has 0 unspecified atom stereocenters. The topological polar surface area (TPSA) is 6.48 Å². The Balaban J connectivity index is 1.62. The van der Waals surface area contributed by atoms with E-state index in [1.165, 1.54) is 69.5 Å². The number of benzene rings is 1. The molecule has 21 heavy (non-hydrogen) atoms. The summed E-state index contributed by atoms with van der Waals surface area (Å²) >= 11 is 9.70. The first-order chi connectivity index (χ1) is 10.3. The summed E-state index contributed by atoms with van der Waals surface area (Å²) < 4.78 is 0. The standard InChI is InChI=1S/C17H24BrClN2/c18-13-14-12-15(19)4-5-17(14)21-10-6-16(7-11-21)20-8-2-1-3-9-20/h4-5,12,16H,1-3,6-11,13H2. The molecule has 2 aliphatic heterocycles. The average molecular weight is 372 g/mol. The van der Waals surface area contributed by atoms with Crippen LogP contribution in [0.2, 0.25) is 5.02 Å². The number of alkyl halides is 1. The van der Waals surface area contributed by atoms with E-state index in [0.717, 1.165) is 16.4 Å². The number of anilines is 1. The van der Waals surface area contributed by atoms with Gasteiger partial charge in [-0.2, -0.15) is 0 Å². The van der Waals surface area contributed by atoms with Gasteiger partial charge in [-0.1, -0.05) is 34.0 Å². The minimum atomic E-state index is 0.807. The minimum absolute atomic E-state index is 0.807. The summed E-state index contributed by atoms with van der Waals surface area (Å²) in [6, 6.07) is 7.09. The van der Waals surface area contributed by atoms with Crippen LogP contribution >= 0.6 is 27.5 Å². The number of piperidine rings is 2. The highest BCUT2D eigenvalue weighted by Gasteiger charge is 2.26. The number of likely N-dealkylation sites (tertiary alicyclic amines) is 1. The molecule has 2 saturated heterocycles. The molecular formula is C17H24BrClN2. The predicted molar refractivity (Wildman–Crippen MR) is 94.7 cm³/mol. The molecule has 0 radical (unpaired) electrons. The molecule has 1 aromatic carbocycles. The Labute approximate surface area is 141 Å². The van der Waals surface area contributed by atoms with Crippen molar-refractivity contribution in [2.24, 2.45) is 0 Å². The largest absolute Gasteiger partial charge is 0.371 e. The Bertz CT molecular complexity index is 466. The van der Waals surface area contributed by atoms with E-state index in [0.29, 0.717) is 0 Å². The molecule has 2 fully saturated rings. The zero-order valence-corrected chi connectivity index (χ0v) is 14.9. The summed E-state index contributed by atoms with van der Waals surface area (Å²) in [6.45, 7) is 4.97. The second kappa shape index (κ2) is 7.34. The molecule has 3 rings (SSSR count). The molecule has 0 spiro atoms. The van der Waals surface area contributed by atoms with Crippen LogP contribution < -0.4 is 4.90 Å². The molecule has 2 aliphatic rings. The van der Waals surface area contributed by atoms with Gasteiger partial charge < -0.3 is 9.80 Å². The first-order valence-electron chi connectivity index (χ1n) is 8.11. The summed E-state index contributed by atoms with van der Waals surface area (Å²) in [7, 11) is 0. The maximum absolute atomic E-state index is 6.11. The zero-order valence-electron chi connectivity index (χ0n) is 12.5. The third-order valence-electron chi connectivity index (χ3n) is 4.90. The van der Waals surface area contributed by atoms with E-state index in [1.54, 1.807) is 0 Å². The van der Waals surface area contributed by atoms with Crippen LogP contribution in [0.3, 0.4) is 0 Å². The van der Waals surface area contributed by atoms with Gasteiger partial charge in [0.25, 0.3) is 0 Å². The van der Waals surface area contributed by atoms with Crippen molar-refractivity contribution in [2.45, 2.75) is 43.5 Å². The van der Waals surface area contributed by atoms with Crippen LogP contribution in [0, 0.1) is 0 Å². The van der Waals surface area contributed by atoms with Gasteiger partial charge in [-0.25, -0.2) is 0 Å². The summed E-state index contributed by atoms with van der Waals surface area (Å²) in [6.07, 6.45) is 6.81. The van der Waals surface area contributed by atoms with Crippen LogP contribution in [0.1, 0.15) is 37.7 Å². The summed E-state index contributed by atoms with van der Waals surface area (Å²) in [5.41, 5.74) is 2.66. The van der Waals surface area contributed by atoms with E-state index in [1.807, 2.05) is 6.07 Å². The number of halogens is 2. The van der Waals surface area contributed by atoms with Gasteiger partial charge in [0.05, 0.1) is 0 Å². The Morgan fingerprint density at radius 1 is 1.05 bits per heavy atom. The summed E-state index contributed by atoms with van der Waals surface area (Å²) in [4.78, 5) is 5.27. The molecule has 0 N–H and O–H groups in total. The van der Waals surface area contributed by atoms with Crippen LogP contribution in [-0.4, -0.2) is 37.1 Å². The third kappa shape index (κ3) is 3.75. The molecule has 0 saturated carbocycles. The van der Waals surface area contributed by atoms with Gasteiger partial charge in [-0.3, -0.25) is 0 Å². The molecule has 0 aliphatic carbocycles. The Morgan fingerprint density at radius 3 is 2.43 bits per heavy atom. The quantitative estimate of drug-likeness (QED) is 0.711.